The van der Waals surface area contributed by atoms with E-state index in [9.17, 15) is 5.11 Å². The molecule has 0 amide bonds. The van der Waals surface area contributed by atoms with Crippen LogP contribution in [0.4, 0.5) is 0 Å². The highest BCUT2D eigenvalue weighted by atomic mass is 16.5. The summed E-state index contributed by atoms with van der Waals surface area (Å²) in [6.45, 7) is 4.67. The first-order valence-electron chi connectivity index (χ1n) is 7.17. The fraction of sp³-hybridized carbons (Fsp3) is 1.00. The van der Waals surface area contributed by atoms with E-state index < -0.39 is 0 Å². The maximum Gasteiger partial charge on any atom is 0.0673 e. The van der Waals surface area contributed by atoms with Gasteiger partial charge in [0.15, 0.2) is 0 Å². The number of hydrogen-bond donors (Lipinski definition) is 1. The molecule has 112 valence electrons. The largest absolute Gasteiger partial charge is 0.392 e. The van der Waals surface area contributed by atoms with Gasteiger partial charge in [0.1, 0.15) is 0 Å². The summed E-state index contributed by atoms with van der Waals surface area (Å²) in [6.07, 6.45) is 2.75. The molecule has 2 saturated heterocycles. The molecular formula is C14H27NO4. The van der Waals surface area contributed by atoms with Crippen LogP contribution in [0.2, 0.25) is 0 Å². The predicted molar refractivity (Wildman–Crippen MR) is 72.2 cm³/mol. The number of likely N-dealkylation sites (tertiary alicyclic amines) is 1. The Morgan fingerprint density at radius 3 is 2.47 bits per heavy atom. The number of methoxy groups -OCH3 is 2. The summed E-state index contributed by atoms with van der Waals surface area (Å²) < 4.78 is 16.1. The van der Waals surface area contributed by atoms with E-state index in [4.69, 9.17) is 14.2 Å². The number of aliphatic hydroxyl groups excluding tert-OH is 1. The highest BCUT2D eigenvalue weighted by Crippen LogP contribution is 2.39. The molecule has 1 spiro atoms. The first kappa shape index (κ1) is 15.2. The van der Waals surface area contributed by atoms with Crippen molar-refractivity contribution in [3.05, 3.63) is 0 Å². The Balaban J connectivity index is 2.02. The van der Waals surface area contributed by atoms with Crippen molar-refractivity contribution in [3.8, 4) is 0 Å². The normalized spacial score (nSPS) is 28.1. The van der Waals surface area contributed by atoms with Gasteiger partial charge in [-0.25, -0.2) is 0 Å². The van der Waals surface area contributed by atoms with Crippen molar-refractivity contribution < 1.29 is 19.3 Å². The van der Waals surface area contributed by atoms with E-state index in [0.717, 1.165) is 45.6 Å². The van der Waals surface area contributed by atoms with E-state index in [2.05, 4.69) is 4.90 Å². The number of piperidine rings is 1. The molecule has 2 heterocycles. The second-order valence-corrected chi connectivity index (χ2v) is 5.96. The molecular weight excluding hydrogens is 246 g/mol. The first-order valence-corrected chi connectivity index (χ1v) is 7.17. The lowest BCUT2D eigenvalue weighted by Crippen LogP contribution is -2.56. The van der Waals surface area contributed by atoms with E-state index in [-0.39, 0.29) is 17.6 Å². The summed E-state index contributed by atoms with van der Waals surface area (Å²) in [4.78, 5) is 2.34. The molecule has 5 heteroatoms. The average Bonchev–Trinajstić information content (AvgIpc) is 2.38. The second kappa shape index (κ2) is 6.99. The van der Waals surface area contributed by atoms with Crippen LogP contribution in [-0.2, 0) is 14.2 Å². The Labute approximate surface area is 115 Å². The third-order valence-corrected chi connectivity index (χ3v) is 4.44. The maximum absolute atomic E-state index is 10.2. The van der Waals surface area contributed by atoms with Crippen molar-refractivity contribution in [3.63, 3.8) is 0 Å². The molecule has 19 heavy (non-hydrogen) atoms. The number of rotatable bonds is 5. The summed E-state index contributed by atoms with van der Waals surface area (Å²) in [5.41, 5.74) is 0.218. The minimum Gasteiger partial charge on any atom is -0.392 e. The minimum absolute atomic E-state index is 0.218. The Kier molecular flexibility index (Phi) is 5.59. The van der Waals surface area contributed by atoms with Crippen LogP contribution >= 0.6 is 0 Å². The van der Waals surface area contributed by atoms with Crippen LogP contribution in [0.3, 0.4) is 0 Å². The van der Waals surface area contributed by atoms with Gasteiger partial charge in [-0.05, 0) is 24.7 Å². The summed E-state index contributed by atoms with van der Waals surface area (Å²) in [5.74, 6) is 0. The second-order valence-electron chi connectivity index (χ2n) is 5.96. The highest BCUT2D eigenvalue weighted by Gasteiger charge is 2.42. The van der Waals surface area contributed by atoms with E-state index in [1.54, 1.807) is 14.2 Å². The Morgan fingerprint density at radius 1 is 1.26 bits per heavy atom. The van der Waals surface area contributed by atoms with Gasteiger partial charge in [-0.2, -0.15) is 0 Å². The summed E-state index contributed by atoms with van der Waals surface area (Å²) >= 11 is 0. The summed E-state index contributed by atoms with van der Waals surface area (Å²) in [7, 11) is 3.43. The molecule has 0 aromatic heterocycles. The van der Waals surface area contributed by atoms with Gasteiger partial charge in [0.05, 0.1) is 25.4 Å². The van der Waals surface area contributed by atoms with Gasteiger partial charge >= 0.3 is 0 Å². The van der Waals surface area contributed by atoms with Crippen molar-refractivity contribution in [2.75, 3.05) is 53.7 Å². The molecule has 1 N–H and O–H groups in total. The molecule has 0 aliphatic carbocycles. The summed E-state index contributed by atoms with van der Waals surface area (Å²) in [6, 6.07) is 0.227. The lowest BCUT2D eigenvalue weighted by Gasteiger charge is -2.49. The van der Waals surface area contributed by atoms with Crippen LogP contribution in [-0.4, -0.2) is 75.9 Å². The van der Waals surface area contributed by atoms with Gasteiger partial charge in [0.2, 0.25) is 0 Å². The SMILES string of the molecule is COCC(COC)N1CC(O)CC2(CCOCC2)C1. The number of hydrogen-bond acceptors (Lipinski definition) is 5. The lowest BCUT2D eigenvalue weighted by molar-refractivity contribution is -0.0931. The molecule has 2 fully saturated rings. The standard InChI is InChI=1S/C14H27NO4/c1-17-9-12(10-18-2)15-8-13(16)7-14(11-15)3-5-19-6-4-14/h12-13,16H,3-11H2,1-2H3. The van der Waals surface area contributed by atoms with Crippen molar-refractivity contribution in [1.29, 1.82) is 0 Å². The fourth-order valence-corrected chi connectivity index (χ4v) is 3.48. The molecule has 0 aromatic rings. The quantitative estimate of drug-likeness (QED) is 0.791. The molecule has 2 rings (SSSR count). The number of ether oxygens (including phenoxy) is 3. The van der Waals surface area contributed by atoms with Gasteiger partial charge in [0, 0.05) is 40.5 Å². The summed E-state index contributed by atoms with van der Waals surface area (Å²) in [5, 5.41) is 10.2. The predicted octanol–water partition coefficient (Wildman–Crippen LogP) is 0.511. The van der Waals surface area contributed by atoms with Gasteiger partial charge in [0.25, 0.3) is 0 Å². The van der Waals surface area contributed by atoms with Crippen molar-refractivity contribution in [2.45, 2.75) is 31.4 Å². The van der Waals surface area contributed by atoms with Crippen molar-refractivity contribution in [2.24, 2.45) is 5.41 Å². The van der Waals surface area contributed by atoms with E-state index in [1.807, 2.05) is 0 Å². The minimum atomic E-state index is -0.247. The van der Waals surface area contributed by atoms with E-state index >= 15 is 0 Å². The Hall–Kier alpha value is -0.200. The molecule has 0 saturated carbocycles. The zero-order valence-electron chi connectivity index (χ0n) is 12.1. The van der Waals surface area contributed by atoms with Crippen LogP contribution in [0, 0.1) is 5.41 Å². The smallest absolute Gasteiger partial charge is 0.0673 e. The van der Waals surface area contributed by atoms with Crippen molar-refractivity contribution >= 4 is 0 Å². The van der Waals surface area contributed by atoms with Crippen LogP contribution in [0.15, 0.2) is 0 Å². The maximum atomic E-state index is 10.2. The van der Waals surface area contributed by atoms with Gasteiger partial charge in [-0.3, -0.25) is 4.90 Å². The molecule has 0 radical (unpaired) electrons. The molecule has 1 unspecified atom stereocenters. The van der Waals surface area contributed by atoms with Crippen LogP contribution in [0.1, 0.15) is 19.3 Å². The molecule has 2 aliphatic heterocycles. The first-order chi connectivity index (χ1) is 9.19. The number of β-amino-alcohol motifs (C(OH)–C–C–N with tert-alkyl or cyclic N) is 1. The lowest BCUT2D eigenvalue weighted by atomic mass is 9.72. The van der Waals surface area contributed by atoms with Gasteiger partial charge in [-0.1, -0.05) is 0 Å². The van der Waals surface area contributed by atoms with E-state index in [1.165, 1.54) is 0 Å². The van der Waals surface area contributed by atoms with Gasteiger partial charge < -0.3 is 19.3 Å². The average molecular weight is 273 g/mol. The molecule has 5 nitrogen and oxygen atoms in total. The monoisotopic (exact) mass is 273 g/mol. The van der Waals surface area contributed by atoms with E-state index in [0.29, 0.717) is 13.2 Å². The van der Waals surface area contributed by atoms with Crippen LogP contribution in [0.5, 0.6) is 0 Å². The van der Waals surface area contributed by atoms with Crippen LogP contribution < -0.4 is 0 Å². The number of nitrogens with zero attached hydrogens (tertiary/aromatic N) is 1. The van der Waals surface area contributed by atoms with Crippen LogP contribution in [0.25, 0.3) is 0 Å². The molecule has 0 bridgehead atoms. The molecule has 0 aromatic carbocycles. The topological polar surface area (TPSA) is 51.2 Å². The molecule has 1 atom stereocenters. The molecule has 2 aliphatic rings. The Morgan fingerprint density at radius 2 is 1.89 bits per heavy atom. The highest BCUT2D eigenvalue weighted by molar-refractivity contribution is 4.94. The van der Waals surface area contributed by atoms with Gasteiger partial charge in [-0.15, -0.1) is 0 Å². The van der Waals surface area contributed by atoms with Crippen molar-refractivity contribution in [1.82, 2.24) is 4.90 Å². The zero-order chi connectivity index (χ0) is 13.7. The Bertz CT molecular complexity index is 262. The fourth-order valence-electron chi connectivity index (χ4n) is 3.48. The third kappa shape index (κ3) is 3.89. The third-order valence-electron chi connectivity index (χ3n) is 4.44. The number of aliphatic hydroxyl groups is 1. The zero-order valence-corrected chi connectivity index (χ0v) is 12.1.